The molecule has 8 heteroatoms. The van der Waals surface area contributed by atoms with Crippen LogP contribution < -0.4 is 10.6 Å². The first-order valence-corrected chi connectivity index (χ1v) is 10.7. The van der Waals surface area contributed by atoms with Gasteiger partial charge in [-0.15, -0.1) is 0 Å². The molecule has 2 amide bonds. The van der Waals surface area contributed by atoms with Gasteiger partial charge in [0.1, 0.15) is 11.6 Å². The fourth-order valence-corrected chi connectivity index (χ4v) is 3.63. The van der Waals surface area contributed by atoms with Gasteiger partial charge >= 0.3 is 0 Å². The zero-order chi connectivity index (χ0) is 23.4. The van der Waals surface area contributed by atoms with Crippen LogP contribution in [0.25, 0.3) is 5.57 Å². The molecule has 1 heterocycles. The van der Waals surface area contributed by atoms with E-state index in [2.05, 4.69) is 15.6 Å². The van der Waals surface area contributed by atoms with Crippen LogP contribution in [0.2, 0.25) is 5.02 Å². The number of amides is 2. The second-order valence-corrected chi connectivity index (χ2v) is 7.92. The van der Waals surface area contributed by atoms with Gasteiger partial charge in [0.05, 0.1) is 16.3 Å². The number of hydrogen-bond donors (Lipinski definition) is 3. The van der Waals surface area contributed by atoms with Gasteiger partial charge in [0.2, 0.25) is 0 Å². The number of allylic oxidation sites excluding steroid dienone is 2. The van der Waals surface area contributed by atoms with E-state index in [1.165, 1.54) is 30.5 Å². The summed E-state index contributed by atoms with van der Waals surface area (Å²) in [6, 6.07) is 14.1. The Morgan fingerprint density at radius 1 is 0.970 bits per heavy atom. The summed E-state index contributed by atoms with van der Waals surface area (Å²) in [4.78, 5) is 41.7. The molecule has 0 radical (unpaired) electrons. The van der Waals surface area contributed by atoms with Gasteiger partial charge in [-0.1, -0.05) is 35.9 Å². The highest BCUT2D eigenvalue weighted by atomic mass is 35.5. The Bertz CT molecular complexity index is 1250. The van der Waals surface area contributed by atoms with E-state index in [0.29, 0.717) is 22.6 Å². The lowest BCUT2D eigenvalue weighted by molar-refractivity contribution is -0.114. The average molecular weight is 462 g/mol. The molecule has 0 spiro atoms. The maximum Gasteiger partial charge on any atom is 0.259 e. The molecule has 0 saturated carbocycles. The molecule has 2 aromatic carbocycles. The Kier molecular flexibility index (Phi) is 6.51. The van der Waals surface area contributed by atoms with Crippen molar-refractivity contribution in [3.8, 4) is 5.75 Å². The third-order valence-electron chi connectivity index (χ3n) is 5.21. The highest BCUT2D eigenvalue weighted by Gasteiger charge is 2.19. The van der Waals surface area contributed by atoms with Crippen LogP contribution in [0.15, 0.2) is 66.9 Å². The van der Waals surface area contributed by atoms with Gasteiger partial charge in [-0.2, -0.15) is 0 Å². The molecule has 0 bridgehead atoms. The molecular weight excluding hydrogens is 442 g/mol. The highest BCUT2D eigenvalue weighted by molar-refractivity contribution is 6.30. The molecule has 7 nitrogen and oxygen atoms in total. The average Bonchev–Trinajstić information content (AvgIpc) is 2.82. The standard InChI is InChI=1S/C25H20ClN3O4/c26-17-12-13-22(27-14-17)28-25(33)19-5-3-7-21(31)23(19)29-24(32)16-10-8-15(9-11-16)18-4-1-2-6-20(18)30/h3-5,7-14,31H,1-2,6H2,(H,29,32)(H,27,28,33). The Morgan fingerprint density at radius 3 is 2.45 bits per heavy atom. The number of hydrogen-bond acceptors (Lipinski definition) is 5. The Hall–Kier alpha value is -3.97. The van der Waals surface area contributed by atoms with Crippen molar-refractivity contribution >= 4 is 46.3 Å². The molecule has 1 aliphatic rings. The monoisotopic (exact) mass is 461 g/mol. The predicted octanol–water partition coefficient (Wildman–Crippen LogP) is 5.08. The summed E-state index contributed by atoms with van der Waals surface area (Å²) in [5, 5.41) is 15.9. The number of Topliss-reactive ketones (excluding diaryl/α,β-unsaturated/α-hetero) is 1. The molecule has 0 unspecified atom stereocenters. The normalized spacial score (nSPS) is 13.2. The quantitative estimate of drug-likeness (QED) is 0.459. The maximum atomic E-state index is 12.8. The first-order chi connectivity index (χ1) is 15.9. The van der Waals surface area contributed by atoms with Crippen LogP contribution in [0.1, 0.15) is 45.5 Å². The van der Waals surface area contributed by atoms with Gasteiger partial charge in [-0.05, 0) is 54.8 Å². The van der Waals surface area contributed by atoms with Crippen LogP contribution in [0.5, 0.6) is 5.75 Å². The van der Waals surface area contributed by atoms with E-state index in [4.69, 9.17) is 11.6 Å². The number of benzene rings is 2. The number of aromatic hydroxyl groups is 1. The lowest BCUT2D eigenvalue weighted by atomic mass is 9.92. The summed E-state index contributed by atoms with van der Waals surface area (Å²) >= 11 is 5.81. The van der Waals surface area contributed by atoms with Gasteiger partial charge in [0.25, 0.3) is 11.8 Å². The van der Waals surface area contributed by atoms with Crippen LogP contribution in [-0.2, 0) is 4.79 Å². The molecule has 0 fully saturated rings. The van der Waals surface area contributed by atoms with Crippen molar-refractivity contribution in [1.29, 1.82) is 0 Å². The molecular formula is C25H20ClN3O4. The van der Waals surface area contributed by atoms with Crippen molar-refractivity contribution in [2.45, 2.75) is 19.3 Å². The zero-order valence-electron chi connectivity index (χ0n) is 17.5. The number of nitrogens with one attached hydrogen (secondary N) is 2. The van der Waals surface area contributed by atoms with Crippen molar-refractivity contribution in [1.82, 2.24) is 4.98 Å². The Labute approximate surface area is 195 Å². The summed E-state index contributed by atoms with van der Waals surface area (Å²) < 4.78 is 0. The largest absolute Gasteiger partial charge is 0.506 e. The minimum atomic E-state index is -0.561. The number of carbonyl (C=O) groups is 3. The molecule has 1 aliphatic carbocycles. The molecule has 1 aromatic heterocycles. The zero-order valence-corrected chi connectivity index (χ0v) is 18.2. The first kappa shape index (κ1) is 22.2. The molecule has 3 N–H and O–H groups in total. The molecule has 0 atom stereocenters. The number of halogens is 1. The van der Waals surface area contributed by atoms with Crippen molar-refractivity contribution in [3.05, 3.63) is 88.6 Å². The third kappa shape index (κ3) is 5.10. The minimum absolute atomic E-state index is 0.0248. The number of phenolic OH excluding ortho intramolecular Hbond substituents is 1. The summed E-state index contributed by atoms with van der Waals surface area (Å²) in [6.45, 7) is 0. The molecule has 4 rings (SSSR count). The Balaban J connectivity index is 1.53. The first-order valence-electron chi connectivity index (χ1n) is 10.3. The summed E-state index contributed by atoms with van der Waals surface area (Å²) in [7, 11) is 0. The summed E-state index contributed by atoms with van der Waals surface area (Å²) in [5.41, 5.74) is 1.78. The fraction of sp³-hybridized carbons (Fsp3) is 0.120. The van der Waals surface area contributed by atoms with Crippen LogP contribution in [0, 0.1) is 0 Å². The van der Waals surface area contributed by atoms with Crippen molar-refractivity contribution in [2.75, 3.05) is 10.6 Å². The van der Waals surface area contributed by atoms with Crippen LogP contribution >= 0.6 is 11.6 Å². The topological polar surface area (TPSA) is 108 Å². The number of phenols is 1. The van der Waals surface area contributed by atoms with E-state index in [0.717, 1.165) is 18.4 Å². The summed E-state index contributed by atoms with van der Waals surface area (Å²) in [6.07, 6.45) is 5.55. The van der Waals surface area contributed by atoms with Gasteiger partial charge in [0, 0.05) is 23.8 Å². The van der Waals surface area contributed by atoms with E-state index in [1.54, 1.807) is 30.3 Å². The van der Waals surface area contributed by atoms with Gasteiger partial charge in [-0.3, -0.25) is 14.4 Å². The highest BCUT2D eigenvalue weighted by Crippen LogP contribution is 2.29. The predicted molar refractivity (Wildman–Crippen MR) is 127 cm³/mol. The van der Waals surface area contributed by atoms with E-state index in [1.807, 2.05) is 6.08 Å². The molecule has 0 saturated heterocycles. The van der Waals surface area contributed by atoms with Crippen LogP contribution in [0.3, 0.4) is 0 Å². The van der Waals surface area contributed by atoms with E-state index in [9.17, 15) is 19.5 Å². The number of rotatable bonds is 5. The molecule has 0 aliphatic heterocycles. The van der Waals surface area contributed by atoms with Gasteiger partial charge < -0.3 is 15.7 Å². The van der Waals surface area contributed by atoms with Gasteiger partial charge in [0.15, 0.2) is 5.78 Å². The lowest BCUT2D eigenvalue weighted by Crippen LogP contribution is -2.19. The third-order valence-corrected chi connectivity index (χ3v) is 5.43. The summed E-state index contributed by atoms with van der Waals surface area (Å²) in [5.74, 6) is -0.958. The fourth-order valence-electron chi connectivity index (χ4n) is 3.52. The number of nitrogens with zero attached hydrogens (tertiary/aromatic N) is 1. The van der Waals surface area contributed by atoms with E-state index >= 15 is 0 Å². The maximum absolute atomic E-state index is 12.8. The van der Waals surface area contributed by atoms with Crippen LogP contribution in [-0.4, -0.2) is 27.7 Å². The smallest absolute Gasteiger partial charge is 0.259 e. The number of carbonyl (C=O) groups excluding carboxylic acids is 3. The van der Waals surface area contributed by atoms with Crippen molar-refractivity contribution in [3.63, 3.8) is 0 Å². The molecule has 166 valence electrons. The van der Waals surface area contributed by atoms with Crippen molar-refractivity contribution in [2.24, 2.45) is 0 Å². The molecule has 3 aromatic rings. The number of ketones is 1. The van der Waals surface area contributed by atoms with E-state index < -0.39 is 11.8 Å². The lowest BCUT2D eigenvalue weighted by Gasteiger charge is -2.14. The molecule has 33 heavy (non-hydrogen) atoms. The second kappa shape index (κ2) is 9.67. The van der Waals surface area contributed by atoms with E-state index in [-0.39, 0.29) is 28.6 Å². The van der Waals surface area contributed by atoms with Crippen LogP contribution in [0.4, 0.5) is 11.5 Å². The SMILES string of the molecule is O=C1CCCC=C1c1ccc(C(=O)Nc2c(O)cccc2C(=O)Nc2ccc(Cl)cn2)cc1. The minimum Gasteiger partial charge on any atom is -0.506 e. The number of para-hydroxylation sites is 1. The van der Waals surface area contributed by atoms with Gasteiger partial charge in [-0.25, -0.2) is 4.98 Å². The number of aromatic nitrogens is 1. The van der Waals surface area contributed by atoms with Crippen molar-refractivity contribution < 1.29 is 19.5 Å². The number of anilines is 2. The number of pyridine rings is 1. The second-order valence-electron chi connectivity index (χ2n) is 7.48. The Morgan fingerprint density at radius 2 is 1.76 bits per heavy atom.